The summed E-state index contributed by atoms with van der Waals surface area (Å²) in [5.41, 5.74) is 0. The van der Waals surface area contributed by atoms with Crippen molar-refractivity contribution in [1.82, 2.24) is 4.90 Å². The van der Waals surface area contributed by atoms with Crippen molar-refractivity contribution in [2.75, 3.05) is 6.54 Å². The quantitative estimate of drug-likeness (QED) is 0.905. The zero-order valence-electron chi connectivity index (χ0n) is 11.0. The molecule has 0 unspecified atom stereocenters. The smallest absolute Gasteiger partial charge is 0.332 e. The van der Waals surface area contributed by atoms with Crippen molar-refractivity contribution >= 4 is 34.8 Å². The third-order valence-electron chi connectivity index (χ3n) is 3.24. The Balaban J connectivity index is 1.97. The van der Waals surface area contributed by atoms with Crippen LogP contribution in [0.4, 0.5) is 0 Å². The van der Waals surface area contributed by atoms with Crippen molar-refractivity contribution in [3.63, 3.8) is 0 Å². The number of hydrogen-bond donors (Lipinski definition) is 1. The summed E-state index contributed by atoms with van der Waals surface area (Å²) in [5.74, 6) is -1.16. The Bertz CT molecular complexity index is 504. The van der Waals surface area contributed by atoms with Crippen LogP contribution in [-0.2, 0) is 20.9 Å². The second-order valence-corrected chi connectivity index (χ2v) is 6.39. The standard InChI is InChI=1S/C13H16ClNO4S/c1-2-15(7-8-3-6-11(14)20-8)12(16)9-4-5-10(19-9)13(17)18/h3,6,9-10H,2,4-5,7H2,1H3,(H,17,18)/t9-,10+/m0/s1. The van der Waals surface area contributed by atoms with E-state index in [1.165, 1.54) is 11.3 Å². The van der Waals surface area contributed by atoms with Crippen LogP contribution in [0.25, 0.3) is 0 Å². The third-order valence-corrected chi connectivity index (χ3v) is 4.46. The van der Waals surface area contributed by atoms with Gasteiger partial charge in [-0.25, -0.2) is 4.79 Å². The number of hydrogen-bond acceptors (Lipinski definition) is 4. The lowest BCUT2D eigenvalue weighted by atomic mass is 10.2. The number of halogens is 1. The summed E-state index contributed by atoms with van der Waals surface area (Å²) in [4.78, 5) is 25.8. The summed E-state index contributed by atoms with van der Waals surface area (Å²) in [5, 5.41) is 8.88. The molecule has 2 rings (SSSR count). The highest BCUT2D eigenvalue weighted by molar-refractivity contribution is 7.16. The van der Waals surface area contributed by atoms with Crippen molar-refractivity contribution in [1.29, 1.82) is 0 Å². The van der Waals surface area contributed by atoms with E-state index < -0.39 is 18.2 Å². The molecule has 1 aromatic heterocycles. The van der Waals surface area contributed by atoms with Gasteiger partial charge in [-0.15, -0.1) is 11.3 Å². The number of thiophene rings is 1. The topological polar surface area (TPSA) is 66.8 Å². The number of carbonyl (C=O) groups is 2. The molecule has 7 heteroatoms. The minimum absolute atomic E-state index is 0.152. The number of likely N-dealkylation sites (N-methyl/N-ethyl adjacent to an activating group) is 1. The zero-order chi connectivity index (χ0) is 14.7. The highest BCUT2D eigenvalue weighted by atomic mass is 35.5. The molecule has 1 aliphatic rings. The number of carboxylic acid groups (broad SMARTS) is 1. The van der Waals surface area contributed by atoms with Crippen LogP contribution >= 0.6 is 22.9 Å². The summed E-state index contributed by atoms with van der Waals surface area (Å²) in [6.45, 7) is 2.91. The van der Waals surface area contributed by atoms with Gasteiger partial charge in [0.1, 0.15) is 6.10 Å². The van der Waals surface area contributed by atoms with Gasteiger partial charge in [0.15, 0.2) is 6.10 Å². The second kappa shape index (κ2) is 6.56. The van der Waals surface area contributed by atoms with Gasteiger partial charge in [0.25, 0.3) is 5.91 Å². The molecule has 1 fully saturated rings. The molecule has 1 aliphatic heterocycles. The van der Waals surface area contributed by atoms with Crippen LogP contribution in [0.3, 0.4) is 0 Å². The minimum Gasteiger partial charge on any atom is -0.479 e. The fourth-order valence-electron chi connectivity index (χ4n) is 2.17. The Morgan fingerprint density at radius 3 is 2.65 bits per heavy atom. The van der Waals surface area contributed by atoms with Gasteiger partial charge >= 0.3 is 5.97 Å². The van der Waals surface area contributed by atoms with Gasteiger partial charge in [0, 0.05) is 11.4 Å². The van der Waals surface area contributed by atoms with E-state index in [0.29, 0.717) is 30.3 Å². The zero-order valence-corrected chi connectivity index (χ0v) is 12.6. The molecule has 0 bridgehead atoms. The van der Waals surface area contributed by atoms with E-state index in [4.69, 9.17) is 21.4 Å². The van der Waals surface area contributed by atoms with Gasteiger partial charge in [0.05, 0.1) is 10.9 Å². The molecule has 110 valence electrons. The average molecular weight is 318 g/mol. The van der Waals surface area contributed by atoms with Crippen molar-refractivity contribution in [3.05, 3.63) is 21.3 Å². The molecule has 0 radical (unpaired) electrons. The predicted octanol–water partition coefficient (Wildman–Crippen LogP) is 2.38. The van der Waals surface area contributed by atoms with Gasteiger partial charge in [-0.3, -0.25) is 4.79 Å². The maximum atomic E-state index is 12.3. The molecule has 1 amide bonds. The number of rotatable bonds is 5. The summed E-state index contributed by atoms with van der Waals surface area (Å²) in [6, 6.07) is 3.69. The van der Waals surface area contributed by atoms with Crippen molar-refractivity contribution < 1.29 is 19.4 Å². The summed E-state index contributed by atoms with van der Waals surface area (Å²) >= 11 is 7.31. The lowest BCUT2D eigenvalue weighted by Gasteiger charge is -2.23. The Hall–Kier alpha value is -1.11. The van der Waals surface area contributed by atoms with E-state index in [1.54, 1.807) is 11.0 Å². The van der Waals surface area contributed by atoms with Crippen LogP contribution in [0.1, 0.15) is 24.6 Å². The van der Waals surface area contributed by atoms with Gasteiger partial charge < -0.3 is 14.7 Å². The number of aliphatic carboxylic acids is 1. The Morgan fingerprint density at radius 2 is 2.15 bits per heavy atom. The maximum absolute atomic E-state index is 12.3. The van der Waals surface area contributed by atoms with E-state index in [9.17, 15) is 9.59 Å². The Morgan fingerprint density at radius 1 is 1.45 bits per heavy atom. The molecule has 1 saturated heterocycles. The minimum atomic E-state index is -1.01. The Labute approximate surface area is 126 Å². The number of carboxylic acids is 1. The monoisotopic (exact) mass is 317 g/mol. The summed E-state index contributed by atoms with van der Waals surface area (Å²) in [6.07, 6.45) is -0.670. The fraction of sp³-hybridized carbons (Fsp3) is 0.538. The molecule has 20 heavy (non-hydrogen) atoms. The maximum Gasteiger partial charge on any atom is 0.332 e. The number of amides is 1. The molecule has 1 N–H and O–H groups in total. The molecule has 0 spiro atoms. The molecular weight excluding hydrogens is 302 g/mol. The lowest BCUT2D eigenvalue weighted by Crippen LogP contribution is -2.39. The van der Waals surface area contributed by atoms with E-state index in [2.05, 4.69) is 0 Å². The highest BCUT2D eigenvalue weighted by Gasteiger charge is 2.36. The van der Waals surface area contributed by atoms with Crippen LogP contribution < -0.4 is 0 Å². The summed E-state index contributed by atoms with van der Waals surface area (Å²) in [7, 11) is 0. The van der Waals surface area contributed by atoms with Gasteiger partial charge in [-0.1, -0.05) is 11.6 Å². The van der Waals surface area contributed by atoms with E-state index >= 15 is 0 Å². The summed E-state index contributed by atoms with van der Waals surface area (Å²) < 4.78 is 5.98. The van der Waals surface area contributed by atoms with Crippen molar-refractivity contribution in [3.8, 4) is 0 Å². The van der Waals surface area contributed by atoms with Crippen LogP contribution in [0.15, 0.2) is 12.1 Å². The predicted molar refractivity (Wildman–Crippen MR) is 76.0 cm³/mol. The van der Waals surface area contributed by atoms with Crippen molar-refractivity contribution in [2.45, 2.75) is 38.5 Å². The molecule has 0 aromatic carbocycles. The fourth-order valence-corrected chi connectivity index (χ4v) is 3.28. The highest BCUT2D eigenvalue weighted by Crippen LogP contribution is 2.25. The number of ether oxygens (including phenoxy) is 1. The molecule has 1 aromatic rings. The SMILES string of the molecule is CCN(Cc1ccc(Cl)s1)C(=O)[C@@H]1CC[C@H](C(=O)O)O1. The van der Waals surface area contributed by atoms with E-state index in [-0.39, 0.29) is 5.91 Å². The first-order valence-corrected chi connectivity index (χ1v) is 7.62. The van der Waals surface area contributed by atoms with Gasteiger partial charge in [0.2, 0.25) is 0 Å². The van der Waals surface area contributed by atoms with Gasteiger partial charge in [-0.2, -0.15) is 0 Å². The number of carbonyl (C=O) groups excluding carboxylic acids is 1. The molecule has 2 heterocycles. The van der Waals surface area contributed by atoms with E-state index in [0.717, 1.165) is 4.88 Å². The first-order chi connectivity index (χ1) is 9.51. The first kappa shape index (κ1) is 15.3. The van der Waals surface area contributed by atoms with Crippen LogP contribution in [0, 0.1) is 0 Å². The second-order valence-electron chi connectivity index (χ2n) is 4.59. The lowest BCUT2D eigenvalue weighted by molar-refractivity contribution is -0.154. The largest absolute Gasteiger partial charge is 0.479 e. The molecule has 2 atom stereocenters. The van der Waals surface area contributed by atoms with Crippen LogP contribution in [-0.4, -0.2) is 40.6 Å². The first-order valence-electron chi connectivity index (χ1n) is 6.42. The van der Waals surface area contributed by atoms with E-state index in [1.807, 2.05) is 13.0 Å². The van der Waals surface area contributed by atoms with Crippen LogP contribution in [0.2, 0.25) is 4.34 Å². The third kappa shape index (κ3) is 3.50. The average Bonchev–Trinajstić information content (AvgIpc) is 3.04. The number of nitrogens with zero attached hydrogens (tertiary/aromatic N) is 1. The molecule has 0 saturated carbocycles. The molecule has 0 aliphatic carbocycles. The van der Waals surface area contributed by atoms with Crippen LogP contribution in [0.5, 0.6) is 0 Å². The molecule has 5 nitrogen and oxygen atoms in total. The van der Waals surface area contributed by atoms with Crippen molar-refractivity contribution in [2.24, 2.45) is 0 Å². The van der Waals surface area contributed by atoms with Gasteiger partial charge in [-0.05, 0) is 31.9 Å². The Kier molecular flexibility index (Phi) is 5.01. The molecular formula is C13H16ClNO4S. The normalized spacial score (nSPS) is 21.9.